The van der Waals surface area contributed by atoms with Gasteiger partial charge in [-0.15, -0.1) is 0 Å². The Morgan fingerprint density at radius 2 is 1.65 bits per heavy atom. The lowest BCUT2D eigenvalue weighted by molar-refractivity contribution is 0.0943. The van der Waals surface area contributed by atoms with Gasteiger partial charge in [-0.25, -0.2) is 8.42 Å². The predicted molar refractivity (Wildman–Crippen MR) is 155 cm³/mol. The third kappa shape index (κ3) is 9.69. The second-order valence-electron chi connectivity index (χ2n) is 10.7. The summed E-state index contributed by atoms with van der Waals surface area (Å²) >= 11 is 0. The summed E-state index contributed by atoms with van der Waals surface area (Å²) in [6.45, 7) is 7.79. The molecule has 3 rings (SSSR count). The van der Waals surface area contributed by atoms with Gasteiger partial charge in [-0.1, -0.05) is 69.4 Å². The molecule has 1 fully saturated rings. The quantitative estimate of drug-likeness (QED) is 0.279. The number of sulfonamides is 1. The zero-order chi connectivity index (χ0) is 26.7. The fourth-order valence-electron chi connectivity index (χ4n) is 5.03. The third-order valence-electron chi connectivity index (χ3n) is 7.02. The highest BCUT2D eigenvalue weighted by Gasteiger charge is 2.24. The van der Waals surface area contributed by atoms with Gasteiger partial charge in [0.25, 0.3) is 5.91 Å². The van der Waals surface area contributed by atoms with Crippen molar-refractivity contribution in [1.29, 1.82) is 0 Å². The van der Waals surface area contributed by atoms with E-state index in [4.69, 9.17) is 0 Å². The number of carbonyl (C=O) groups excluding carboxylic acids is 1. The number of carbonyl (C=O) groups is 1. The lowest BCUT2D eigenvalue weighted by Crippen LogP contribution is -2.37. The Bertz CT molecular complexity index is 1080. The second-order valence-corrected chi connectivity index (χ2v) is 12.5. The summed E-state index contributed by atoms with van der Waals surface area (Å²) in [5, 5.41) is 2.99. The molecule has 37 heavy (non-hydrogen) atoms. The Balaban J connectivity index is 1.66. The molecule has 1 amide bonds. The van der Waals surface area contributed by atoms with Crippen LogP contribution in [0.3, 0.4) is 0 Å². The first-order valence-corrected chi connectivity index (χ1v) is 15.7. The molecule has 2 aromatic rings. The van der Waals surface area contributed by atoms with E-state index in [1.54, 1.807) is 12.1 Å². The highest BCUT2D eigenvalue weighted by atomic mass is 32.2. The Kier molecular flexibility index (Phi) is 11.3. The van der Waals surface area contributed by atoms with E-state index in [1.165, 1.54) is 18.4 Å². The SMILES string of the molecule is CCCCCCCCS(=O)(=O)Nc1ccc(N2CCC(Cc3ccccc3)CC2)c(C(=O)NC(C)C)c1. The number of hydrogen-bond donors (Lipinski definition) is 2. The predicted octanol–water partition coefficient (Wildman–Crippen LogP) is 6.39. The summed E-state index contributed by atoms with van der Waals surface area (Å²) in [5.74, 6) is 0.552. The number of amides is 1. The molecule has 0 spiro atoms. The van der Waals surface area contributed by atoms with Crippen molar-refractivity contribution >= 4 is 27.3 Å². The maximum atomic E-state index is 13.1. The molecule has 204 valence electrons. The largest absolute Gasteiger partial charge is 0.371 e. The molecule has 6 nitrogen and oxygen atoms in total. The van der Waals surface area contributed by atoms with Crippen LogP contribution in [0.5, 0.6) is 0 Å². The number of rotatable bonds is 14. The molecular weight excluding hydrogens is 482 g/mol. The van der Waals surface area contributed by atoms with Gasteiger partial charge in [-0.3, -0.25) is 9.52 Å². The number of nitrogens with zero attached hydrogens (tertiary/aromatic N) is 1. The van der Waals surface area contributed by atoms with Crippen molar-refractivity contribution in [2.45, 2.75) is 84.6 Å². The van der Waals surface area contributed by atoms with Crippen LogP contribution in [-0.4, -0.2) is 39.2 Å². The topological polar surface area (TPSA) is 78.5 Å². The molecule has 0 aromatic heterocycles. The zero-order valence-electron chi connectivity index (χ0n) is 22.8. The second kappa shape index (κ2) is 14.4. The van der Waals surface area contributed by atoms with E-state index in [1.807, 2.05) is 26.0 Å². The summed E-state index contributed by atoms with van der Waals surface area (Å²) in [5.41, 5.74) is 3.21. The number of nitrogens with one attached hydrogen (secondary N) is 2. The molecular formula is C30H45N3O3S. The van der Waals surface area contributed by atoms with E-state index in [-0.39, 0.29) is 17.7 Å². The van der Waals surface area contributed by atoms with Crippen LogP contribution in [0.25, 0.3) is 0 Å². The van der Waals surface area contributed by atoms with E-state index >= 15 is 0 Å². The van der Waals surface area contributed by atoms with Crippen LogP contribution >= 0.6 is 0 Å². The summed E-state index contributed by atoms with van der Waals surface area (Å²) < 4.78 is 28.1. The van der Waals surface area contributed by atoms with Crippen molar-refractivity contribution in [3.63, 3.8) is 0 Å². The van der Waals surface area contributed by atoms with Gasteiger partial charge < -0.3 is 10.2 Å². The summed E-state index contributed by atoms with van der Waals surface area (Å²) in [6.07, 6.45) is 9.37. The van der Waals surface area contributed by atoms with Crippen LogP contribution in [-0.2, 0) is 16.4 Å². The van der Waals surface area contributed by atoms with E-state index in [0.717, 1.165) is 57.3 Å². The first-order valence-electron chi connectivity index (χ1n) is 14.0. The van der Waals surface area contributed by atoms with Gasteiger partial charge in [-0.2, -0.15) is 0 Å². The van der Waals surface area contributed by atoms with E-state index in [0.29, 0.717) is 23.6 Å². The van der Waals surface area contributed by atoms with Gasteiger partial charge >= 0.3 is 0 Å². The minimum absolute atomic E-state index is 0.00925. The molecule has 1 heterocycles. The number of piperidine rings is 1. The molecule has 1 aliphatic heterocycles. The van der Waals surface area contributed by atoms with Gasteiger partial charge in [0.2, 0.25) is 10.0 Å². The Morgan fingerprint density at radius 3 is 2.32 bits per heavy atom. The average molecular weight is 528 g/mol. The molecule has 0 aliphatic carbocycles. The first-order chi connectivity index (χ1) is 17.8. The van der Waals surface area contributed by atoms with Gasteiger partial charge in [0.05, 0.1) is 11.3 Å². The van der Waals surface area contributed by atoms with Crippen molar-refractivity contribution in [2.24, 2.45) is 5.92 Å². The highest BCUT2D eigenvalue weighted by Crippen LogP contribution is 2.30. The van der Waals surface area contributed by atoms with Gasteiger partial charge in [0.15, 0.2) is 0 Å². The summed E-state index contributed by atoms with van der Waals surface area (Å²) in [4.78, 5) is 15.4. The zero-order valence-corrected chi connectivity index (χ0v) is 23.7. The maximum absolute atomic E-state index is 13.1. The van der Waals surface area contributed by atoms with Crippen LogP contribution < -0.4 is 14.9 Å². The number of anilines is 2. The average Bonchev–Trinajstić information content (AvgIpc) is 2.86. The molecule has 0 bridgehead atoms. The van der Waals surface area contributed by atoms with Crippen molar-refractivity contribution < 1.29 is 13.2 Å². The molecule has 2 N–H and O–H groups in total. The molecule has 1 saturated heterocycles. The van der Waals surface area contributed by atoms with Gasteiger partial charge in [-0.05, 0) is 69.2 Å². The smallest absolute Gasteiger partial charge is 0.253 e. The van der Waals surface area contributed by atoms with Crippen LogP contribution in [0.15, 0.2) is 48.5 Å². The third-order valence-corrected chi connectivity index (χ3v) is 8.40. The van der Waals surface area contributed by atoms with E-state index < -0.39 is 10.0 Å². The molecule has 7 heteroatoms. The Hall–Kier alpha value is -2.54. The van der Waals surface area contributed by atoms with E-state index in [2.05, 4.69) is 46.1 Å². The molecule has 0 radical (unpaired) electrons. The number of hydrogen-bond acceptors (Lipinski definition) is 4. The molecule has 0 unspecified atom stereocenters. The standard InChI is InChI=1S/C30H45N3O3S/c1-4-5-6-7-8-12-21-37(35,36)32-27-15-16-29(28(23-27)30(34)31-24(2)3)33-19-17-26(18-20-33)22-25-13-10-9-11-14-25/h9-11,13-16,23-24,26,32H,4-8,12,17-22H2,1-3H3,(H,31,34). The first kappa shape index (κ1) is 29.0. The normalized spacial score (nSPS) is 14.6. The minimum atomic E-state index is -3.46. The fraction of sp³-hybridized carbons (Fsp3) is 0.567. The van der Waals surface area contributed by atoms with Crippen LogP contribution in [0.4, 0.5) is 11.4 Å². The highest BCUT2D eigenvalue weighted by molar-refractivity contribution is 7.92. The van der Waals surface area contributed by atoms with Gasteiger partial charge in [0, 0.05) is 30.5 Å². The summed E-state index contributed by atoms with van der Waals surface area (Å²) in [7, 11) is -3.46. The van der Waals surface area contributed by atoms with Crippen LogP contribution in [0.2, 0.25) is 0 Å². The number of benzene rings is 2. The number of unbranched alkanes of at least 4 members (excludes halogenated alkanes) is 5. The molecule has 2 aromatic carbocycles. The van der Waals surface area contributed by atoms with Crippen molar-refractivity contribution in [1.82, 2.24) is 5.32 Å². The minimum Gasteiger partial charge on any atom is -0.371 e. The van der Waals surface area contributed by atoms with Crippen LogP contribution in [0, 0.1) is 5.92 Å². The lowest BCUT2D eigenvalue weighted by Gasteiger charge is -2.35. The van der Waals surface area contributed by atoms with E-state index in [9.17, 15) is 13.2 Å². The van der Waals surface area contributed by atoms with Crippen molar-refractivity contribution in [3.05, 3.63) is 59.7 Å². The molecule has 0 atom stereocenters. The van der Waals surface area contributed by atoms with Gasteiger partial charge in [0.1, 0.15) is 0 Å². The van der Waals surface area contributed by atoms with Crippen molar-refractivity contribution in [3.8, 4) is 0 Å². The Labute approximate surface area is 224 Å². The maximum Gasteiger partial charge on any atom is 0.253 e. The molecule has 1 aliphatic rings. The Morgan fingerprint density at radius 1 is 0.973 bits per heavy atom. The fourth-order valence-corrected chi connectivity index (χ4v) is 6.20. The lowest BCUT2D eigenvalue weighted by atomic mass is 9.89. The summed E-state index contributed by atoms with van der Waals surface area (Å²) in [6, 6.07) is 16.0. The van der Waals surface area contributed by atoms with Crippen molar-refractivity contribution in [2.75, 3.05) is 28.5 Å². The van der Waals surface area contributed by atoms with Crippen LogP contribution in [0.1, 0.15) is 88.1 Å². The monoisotopic (exact) mass is 527 g/mol. The molecule has 0 saturated carbocycles.